The van der Waals surface area contributed by atoms with Crippen molar-refractivity contribution in [3.63, 3.8) is 0 Å². The highest BCUT2D eigenvalue weighted by Crippen LogP contribution is 2.20. The Kier molecular flexibility index (Phi) is 9.14. The quantitative estimate of drug-likeness (QED) is 0.245. The van der Waals surface area contributed by atoms with Gasteiger partial charge in [0, 0.05) is 37.6 Å². The summed E-state index contributed by atoms with van der Waals surface area (Å²) in [6.07, 6.45) is 11.2. The van der Waals surface area contributed by atoms with E-state index in [1.807, 2.05) is 18.2 Å². The van der Waals surface area contributed by atoms with Crippen molar-refractivity contribution >= 4 is 17.6 Å². The predicted octanol–water partition coefficient (Wildman–Crippen LogP) is 2.64. The molecule has 2 N–H and O–H groups in total. The number of carboxylic acid groups (broad SMARTS) is 1. The van der Waals surface area contributed by atoms with E-state index >= 15 is 0 Å². The van der Waals surface area contributed by atoms with E-state index in [1.54, 1.807) is 11.0 Å². The van der Waals surface area contributed by atoms with E-state index in [-0.39, 0.29) is 30.5 Å². The van der Waals surface area contributed by atoms with Gasteiger partial charge in [-0.3, -0.25) is 24.7 Å². The minimum atomic E-state index is -0.817. The lowest BCUT2D eigenvalue weighted by Gasteiger charge is -2.33. The highest BCUT2D eigenvalue weighted by Gasteiger charge is 2.25. The molecule has 2 heterocycles. The zero-order chi connectivity index (χ0) is 21.9. The summed E-state index contributed by atoms with van der Waals surface area (Å²) < 4.78 is 0. The normalized spacial score (nSPS) is 18.2. The molecule has 1 aromatic heterocycles. The fourth-order valence-electron chi connectivity index (χ4n) is 3.25. The summed E-state index contributed by atoms with van der Waals surface area (Å²) in [6.45, 7) is 0.445. The first-order chi connectivity index (χ1) is 14.4. The smallest absolute Gasteiger partial charge is 0.303 e. The van der Waals surface area contributed by atoms with Gasteiger partial charge in [0.05, 0.1) is 17.1 Å². The number of piperidine rings is 1. The fraction of sp³-hybridized carbons (Fsp3) is 0.476. The SMILES string of the molecule is O=C(O)CCCC=CCN1C(=O)CCC[C@@H]1C=CC(O)Cc1ccc([N+](=O)[O-])cn1. The van der Waals surface area contributed by atoms with Crippen LogP contribution in [0.3, 0.4) is 0 Å². The van der Waals surface area contributed by atoms with Gasteiger partial charge < -0.3 is 15.1 Å². The minimum Gasteiger partial charge on any atom is -0.481 e. The van der Waals surface area contributed by atoms with Crippen LogP contribution in [0.5, 0.6) is 0 Å². The summed E-state index contributed by atoms with van der Waals surface area (Å²) in [7, 11) is 0. The monoisotopic (exact) mass is 417 g/mol. The van der Waals surface area contributed by atoms with Crippen LogP contribution >= 0.6 is 0 Å². The number of hydrogen-bond acceptors (Lipinski definition) is 6. The lowest BCUT2D eigenvalue weighted by atomic mass is 10.00. The Morgan fingerprint density at radius 1 is 1.40 bits per heavy atom. The topological polar surface area (TPSA) is 134 Å². The maximum Gasteiger partial charge on any atom is 0.303 e. The number of nitrogens with zero attached hydrogens (tertiary/aromatic N) is 3. The van der Waals surface area contributed by atoms with E-state index < -0.39 is 17.0 Å². The number of aliphatic hydroxyl groups is 1. The highest BCUT2D eigenvalue weighted by atomic mass is 16.6. The summed E-state index contributed by atoms with van der Waals surface area (Å²) in [5, 5.41) is 29.6. The molecule has 1 aliphatic heterocycles. The number of nitro groups is 1. The molecule has 0 radical (unpaired) electrons. The number of aliphatic carboxylic acids is 1. The van der Waals surface area contributed by atoms with E-state index in [0.29, 0.717) is 31.5 Å². The van der Waals surface area contributed by atoms with Gasteiger partial charge in [-0.1, -0.05) is 24.3 Å². The van der Waals surface area contributed by atoms with Crippen molar-refractivity contribution < 1.29 is 24.7 Å². The van der Waals surface area contributed by atoms with Crippen molar-refractivity contribution in [3.05, 3.63) is 58.4 Å². The van der Waals surface area contributed by atoms with Crippen molar-refractivity contribution in [2.75, 3.05) is 6.54 Å². The van der Waals surface area contributed by atoms with E-state index in [4.69, 9.17) is 5.11 Å². The van der Waals surface area contributed by atoms with E-state index in [2.05, 4.69) is 4.98 Å². The van der Waals surface area contributed by atoms with E-state index in [1.165, 1.54) is 12.1 Å². The van der Waals surface area contributed by atoms with Crippen LogP contribution in [0, 0.1) is 10.1 Å². The first kappa shape index (κ1) is 23.2. The third kappa shape index (κ3) is 7.75. The van der Waals surface area contributed by atoms with Gasteiger partial charge in [0.25, 0.3) is 5.69 Å². The molecule has 9 heteroatoms. The Labute approximate surface area is 174 Å². The van der Waals surface area contributed by atoms with Crippen molar-refractivity contribution in [2.24, 2.45) is 0 Å². The van der Waals surface area contributed by atoms with Crippen LogP contribution in [-0.4, -0.2) is 55.6 Å². The summed E-state index contributed by atoms with van der Waals surface area (Å²) in [5.41, 5.74) is 0.440. The minimum absolute atomic E-state index is 0.0533. The average Bonchev–Trinajstić information content (AvgIpc) is 2.70. The predicted molar refractivity (Wildman–Crippen MR) is 110 cm³/mol. The molecule has 0 aliphatic carbocycles. The van der Waals surface area contributed by atoms with Gasteiger partial charge in [0.15, 0.2) is 0 Å². The van der Waals surface area contributed by atoms with Crippen molar-refractivity contribution in [2.45, 2.75) is 57.1 Å². The van der Waals surface area contributed by atoms with Crippen LogP contribution in [-0.2, 0) is 16.0 Å². The Hall–Kier alpha value is -3.07. The van der Waals surface area contributed by atoms with Crippen LogP contribution in [0.1, 0.15) is 44.2 Å². The number of amides is 1. The van der Waals surface area contributed by atoms with Crippen molar-refractivity contribution in [1.82, 2.24) is 9.88 Å². The number of hydrogen-bond donors (Lipinski definition) is 2. The first-order valence-corrected chi connectivity index (χ1v) is 9.98. The van der Waals surface area contributed by atoms with Crippen LogP contribution in [0.25, 0.3) is 0 Å². The molecule has 30 heavy (non-hydrogen) atoms. The molecule has 1 saturated heterocycles. The number of carbonyl (C=O) groups excluding carboxylic acids is 1. The Bertz CT molecular complexity index is 790. The summed E-state index contributed by atoms with van der Waals surface area (Å²) in [6, 6.07) is 2.75. The summed E-state index contributed by atoms with van der Waals surface area (Å²) in [5.74, 6) is -0.764. The maximum absolute atomic E-state index is 12.3. The average molecular weight is 417 g/mol. The second-order valence-electron chi connectivity index (χ2n) is 7.18. The number of allylic oxidation sites excluding steroid dienone is 1. The molecule has 0 spiro atoms. The third-order valence-corrected chi connectivity index (χ3v) is 4.84. The molecule has 2 rings (SSSR count). The molecule has 2 atom stereocenters. The van der Waals surface area contributed by atoms with Crippen molar-refractivity contribution in [3.8, 4) is 0 Å². The fourth-order valence-corrected chi connectivity index (χ4v) is 3.25. The van der Waals surface area contributed by atoms with Gasteiger partial charge in [0.2, 0.25) is 5.91 Å². The summed E-state index contributed by atoms with van der Waals surface area (Å²) in [4.78, 5) is 38.7. The van der Waals surface area contributed by atoms with Gasteiger partial charge in [-0.05, 0) is 31.7 Å². The molecule has 0 aromatic carbocycles. The van der Waals surface area contributed by atoms with Gasteiger partial charge in [-0.25, -0.2) is 0 Å². The highest BCUT2D eigenvalue weighted by molar-refractivity contribution is 5.77. The summed E-state index contributed by atoms with van der Waals surface area (Å²) >= 11 is 0. The molecule has 1 aromatic rings. The van der Waals surface area contributed by atoms with E-state index in [0.717, 1.165) is 19.0 Å². The Balaban J connectivity index is 1.88. The van der Waals surface area contributed by atoms with Crippen LogP contribution in [0.4, 0.5) is 5.69 Å². The lowest BCUT2D eigenvalue weighted by Crippen LogP contribution is -2.42. The zero-order valence-electron chi connectivity index (χ0n) is 16.7. The van der Waals surface area contributed by atoms with Gasteiger partial charge in [-0.2, -0.15) is 0 Å². The third-order valence-electron chi connectivity index (χ3n) is 4.84. The molecular weight excluding hydrogens is 390 g/mol. The van der Waals surface area contributed by atoms with Gasteiger partial charge in [0.1, 0.15) is 6.20 Å². The molecule has 1 unspecified atom stereocenters. The molecule has 9 nitrogen and oxygen atoms in total. The first-order valence-electron chi connectivity index (χ1n) is 9.98. The lowest BCUT2D eigenvalue weighted by molar-refractivity contribution is -0.385. The number of carbonyl (C=O) groups is 2. The van der Waals surface area contributed by atoms with Gasteiger partial charge in [-0.15, -0.1) is 0 Å². The standard InChI is InChI=1S/C21H27N3O6/c25-19(14-16-9-10-18(15-22-16)24(29)30)12-11-17-6-5-7-20(26)23(17)13-4-2-1-3-8-21(27)28/h2,4,9-12,15,17,19,25H,1,3,5-8,13-14H2,(H,27,28)/t17-,19?/m1/s1. The molecule has 1 amide bonds. The zero-order valence-corrected chi connectivity index (χ0v) is 16.7. The molecule has 1 aliphatic rings. The van der Waals surface area contributed by atoms with Crippen LogP contribution < -0.4 is 0 Å². The maximum atomic E-state index is 12.3. The molecule has 1 fully saturated rings. The molecule has 0 bridgehead atoms. The Morgan fingerprint density at radius 3 is 2.87 bits per heavy atom. The number of likely N-dealkylation sites (tertiary alicyclic amines) is 1. The van der Waals surface area contributed by atoms with Crippen LogP contribution in [0.15, 0.2) is 42.6 Å². The molecule has 162 valence electrons. The Morgan fingerprint density at radius 2 is 2.20 bits per heavy atom. The number of rotatable bonds is 11. The molecular formula is C21H27N3O6. The van der Waals surface area contributed by atoms with Gasteiger partial charge >= 0.3 is 5.97 Å². The second-order valence-corrected chi connectivity index (χ2v) is 7.18. The van der Waals surface area contributed by atoms with E-state index in [9.17, 15) is 24.8 Å². The number of aromatic nitrogens is 1. The van der Waals surface area contributed by atoms with Crippen LogP contribution in [0.2, 0.25) is 0 Å². The number of aliphatic hydroxyl groups excluding tert-OH is 1. The van der Waals surface area contributed by atoms with Crippen molar-refractivity contribution in [1.29, 1.82) is 0 Å². The number of carboxylic acids is 1. The molecule has 0 saturated carbocycles. The second kappa shape index (κ2) is 11.8. The number of unbranched alkanes of at least 4 members (excludes halogenated alkanes) is 1. The largest absolute Gasteiger partial charge is 0.481 e. The number of pyridine rings is 1.